The van der Waals surface area contributed by atoms with Crippen molar-refractivity contribution in [3.63, 3.8) is 0 Å². The monoisotopic (exact) mass is 660 g/mol. The van der Waals surface area contributed by atoms with Crippen molar-refractivity contribution in [2.24, 2.45) is 4.99 Å². The zero-order valence-electron chi connectivity index (χ0n) is 26.4. The molecule has 2 saturated heterocycles. The number of ether oxygens (including phenoxy) is 3. The SMILES string of the molecule is CN=C[C@@]1(c2ccc3c(N)ncnn23)O[C@H](COP(=O)(N[C@@H](C)C(=O)O[C@H]2CCOC2)Oc2ccc(C(C)(C)C)cc2)[C@@H](O)[C@H]1O. The molecule has 46 heavy (non-hydrogen) atoms. The Morgan fingerprint density at radius 2 is 2.02 bits per heavy atom. The third-order valence-corrected chi connectivity index (χ3v) is 9.57. The van der Waals surface area contributed by atoms with E-state index in [0.717, 1.165) is 5.56 Å². The Hall–Kier alpha value is -3.43. The average Bonchev–Trinajstić information content (AvgIpc) is 3.73. The second kappa shape index (κ2) is 13.4. The third-order valence-electron chi connectivity index (χ3n) is 7.92. The van der Waals surface area contributed by atoms with Crippen molar-refractivity contribution < 1.29 is 42.8 Å². The molecule has 5 rings (SSSR count). The summed E-state index contributed by atoms with van der Waals surface area (Å²) in [6.07, 6.45) is -1.55. The molecule has 5 N–H and O–H groups in total. The number of nitrogens with zero attached hydrogens (tertiary/aromatic N) is 4. The van der Waals surface area contributed by atoms with Crippen LogP contribution >= 0.6 is 7.75 Å². The second-order valence-corrected chi connectivity index (χ2v) is 14.1. The Kier molecular flexibility index (Phi) is 9.85. The first kappa shape index (κ1) is 33.9. The number of benzene rings is 1. The minimum absolute atomic E-state index is 0.132. The van der Waals surface area contributed by atoms with Crippen LogP contribution in [0.15, 0.2) is 47.7 Å². The Bertz CT molecular complexity index is 1600. The summed E-state index contributed by atoms with van der Waals surface area (Å²) in [4.78, 5) is 20.9. The number of carbonyl (C=O) groups is 1. The first-order valence-corrected chi connectivity index (χ1v) is 16.5. The molecular formula is C30H41N6O9P. The molecule has 250 valence electrons. The van der Waals surface area contributed by atoms with E-state index < -0.39 is 56.4 Å². The Morgan fingerprint density at radius 1 is 1.28 bits per heavy atom. The summed E-state index contributed by atoms with van der Waals surface area (Å²) in [6.45, 7) is 7.90. The van der Waals surface area contributed by atoms with Crippen LogP contribution in [0.5, 0.6) is 5.75 Å². The van der Waals surface area contributed by atoms with E-state index in [1.54, 1.807) is 24.3 Å². The molecule has 2 aliphatic heterocycles. The summed E-state index contributed by atoms with van der Waals surface area (Å²) in [5.41, 5.74) is 5.98. The van der Waals surface area contributed by atoms with Gasteiger partial charge in [0.05, 0.1) is 25.5 Å². The van der Waals surface area contributed by atoms with Crippen molar-refractivity contribution in [2.75, 3.05) is 32.6 Å². The van der Waals surface area contributed by atoms with Crippen LogP contribution in [0.1, 0.15) is 45.4 Å². The molecule has 4 heterocycles. The van der Waals surface area contributed by atoms with Gasteiger partial charge in [0.25, 0.3) is 0 Å². The Morgan fingerprint density at radius 3 is 2.67 bits per heavy atom. The molecule has 1 aromatic carbocycles. The zero-order chi connectivity index (χ0) is 33.3. The standard InChI is InChI=1S/C30H41N6O9P/c1-18(28(39)43-21-12-13-41-14-21)35-46(40,45-20-8-6-19(7-9-20)29(2,3)4)42-15-23-25(37)26(38)30(44-23,16-32-5)24-11-10-22-27(31)33-17-34-36(22)24/h6-11,16-18,21,23,25-26,37-38H,12-15H2,1-5H3,(H,35,40)(H2,31,33,34)/t18-,21-,23+,25+,26+,30-,46?/m0/s1. The van der Waals surface area contributed by atoms with Gasteiger partial charge in [0.15, 0.2) is 11.4 Å². The van der Waals surface area contributed by atoms with Gasteiger partial charge in [-0.3, -0.25) is 14.3 Å². The highest BCUT2D eigenvalue weighted by Gasteiger charge is 2.56. The number of carbonyl (C=O) groups excluding carboxylic acids is 1. The molecular weight excluding hydrogens is 619 g/mol. The molecule has 2 fully saturated rings. The van der Waals surface area contributed by atoms with Crippen LogP contribution in [0.4, 0.5) is 5.82 Å². The first-order chi connectivity index (χ1) is 21.8. The smallest absolute Gasteiger partial charge is 0.459 e. The highest BCUT2D eigenvalue weighted by Crippen LogP contribution is 2.47. The molecule has 2 aromatic heterocycles. The van der Waals surface area contributed by atoms with Crippen LogP contribution in [-0.4, -0.2) is 94.3 Å². The number of nitrogens with two attached hydrogens (primary N) is 1. The maximum atomic E-state index is 14.2. The molecule has 0 amide bonds. The van der Waals surface area contributed by atoms with Gasteiger partial charge < -0.3 is 34.7 Å². The fourth-order valence-corrected chi connectivity index (χ4v) is 6.89. The van der Waals surface area contributed by atoms with E-state index in [1.807, 2.05) is 12.1 Å². The lowest BCUT2D eigenvalue weighted by Gasteiger charge is -2.28. The van der Waals surface area contributed by atoms with Gasteiger partial charge >= 0.3 is 13.7 Å². The number of hydrogen-bond donors (Lipinski definition) is 4. The van der Waals surface area contributed by atoms with E-state index in [2.05, 4.69) is 40.9 Å². The number of rotatable bonds is 11. The molecule has 0 radical (unpaired) electrons. The fraction of sp³-hybridized carbons (Fsp3) is 0.533. The first-order valence-electron chi connectivity index (χ1n) is 14.9. The normalized spacial score (nSPS) is 27.2. The van der Waals surface area contributed by atoms with Crippen LogP contribution in [0.25, 0.3) is 5.52 Å². The summed E-state index contributed by atoms with van der Waals surface area (Å²) in [5, 5.41) is 29.4. The van der Waals surface area contributed by atoms with Gasteiger partial charge in [-0.25, -0.2) is 14.1 Å². The molecule has 1 unspecified atom stereocenters. The van der Waals surface area contributed by atoms with E-state index in [1.165, 1.54) is 31.0 Å². The number of aliphatic imine (C=N–C) groups is 1. The Balaban J connectivity index is 1.39. The summed E-state index contributed by atoms with van der Waals surface area (Å²) in [6, 6.07) is 9.15. The highest BCUT2D eigenvalue weighted by molar-refractivity contribution is 7.52. The minimum atomic E-state index is -4.34. The van der Waals surface area contributed by atoms with Gasteiger partial charge in [-0.1, -0.05) is 32.9 Å². The quantitative estimate of drug-likeness (QED) is 0.133. The van der Waals surface area contributed by atoms with Crippen molar-refractivity contribution in [3.05, 3.63) is 54.0 Å². The van der Waals surface area contributed by atoms with Gasteiger partial charge in [0.1, 0.15) is 48.1 Å². The van der Waals surface area contributed by atoms with Crippen LogP contribution in [0, 0.1) is 0 Å². The molecule has 16 heteroatoms. The van der Waals surface area contributed by atoms with Gasteiger partial charge in [-0.15, -0.1) is 0 Å². The molecule has 0 bridgehead atoms. The topological polar surface area (TPSA) is 201 Å². The van der Waals surface area contributed by atoms with E-state index in [4.69, 9.17) is 29.0 Å². The zero-order valence-corrected chi connectivity index (χ0v) is 27.3. The van der Waals surface area contributed by atoms with Gasteiger partial charge in [-0.05, 0) is 42.2 Å². The number of fused-ring (bicyclic) bond motifs is 1. The molecule has 0 aliphatic carbocycles. The van der Waals surface area contributed by atoms with Crippen LogP contribution < -0.4 is 15.3 Å². The van der Waals surface area contributed by atoms with Crippen molar-refractivity contribution >= 4 is 31.3 Å². The number of aliphatic hydroxyl groups excluding tert-OH is 2. The van der Waals surface area contributed by atoms with Crippen molar-refractivity contribution in [2.45, 2.75) is 75.6 Å². The predicted octanol–water partition coefficient (Wildman–Crippen LogP) is 2.14. The van der Waals surface area contributed by atoms with Crippen molar-refractivity contribution in [1.82, 2.24) is 19.7 Å². The Labute approximate surface area is 266 Å². The lowest BCUT2D eigenvalue weighted by molar-refractivity contribution is -0.150. The fourth-order valence-electron chi connectivity index (χ4n) is 5.38. The molecule has 15 nitrogen and oxygen atoms in total. The third kappa shape index (κ3) is 6.95. The van der Waals surface area contributed by atoms with Crippen molar-refractivity contribution in [1.29, 1.82) is 0 Å². The van der Waals surface area contributed by atoms with E-state index in [9.17, 15) is 19.6 Å². The minimum Gasteiger partial charge on any atom is -0.459 e. The number of aliphatic hydroxyl groups is 2. The van der Waals surface area contributed by atoms with E-state index >= 15 is 0 Å². The van der Waals surface area contributed by atoms with Crippen molar-refractivity contribution in [3.8, 4) is 5.75 Å². The number of nitrogens with one attached hydrogen (secondary N) is 1. The lowest BCUT2D eigenvalue weighted by Crippen LogP contribution is -2.43. The number of aromatic nitrogens is 3. The van der Waals surface area contributed by atoms with Gasteiger partial charge in [-0.2, -0.15) is 10.2 Å². The number of nitrogen functional groups attached to an aromatic ring is 1. The van der Waals surface area contributed by atoms with E-state index in [0.29, 0.717) is 24.2 Å². The van der Waals surface area contributed by atoms with Gasteiger partial charge in [0.2, 0.25) is 0 Å². The number of hydrogen-bond acceptors (Lipinski definition) is 13. The number of esters is 1. The highest BCUT2D eigenvalue weighted by atomic mass is 31.2. The number of anilines is 1. The van der Waals surface area contributed by atoms with Crippen LogP contribution in [0.3, 0.4) is 0 Å². The maximum absolute atomic E-state index is 14.2. The predicted molar refractivity (Wildman–Crippen MR) is 168 cm³/mol. The largest absolute Gasteiger partial charge is 0.459 e. The molecule has 3 aromatic rings. The van der Waals surface area contributed by atoms with Gasteiger partial charge in [0, 0.05) is 19.7 Å². The average molecular weight is 661 g/mol. The molecule has 7 atom stereocenters. The molecule has 2 aliphatic rings. The summed E-state index contributed by atoms with van der Waals surface area (Å²) in [5.74, 6) is -0.255. The van der Waals surface area contributed by atoms with Crippen LogP contribution in [-0.2, 0) is 39.1 Å². The lowest BCUT2D eigenvalue weighted by atomic mass is 9.87. The van der Waals surface area contributed by atoms with Crippen LogP contribution in [0.2, 0.25) is 0 Å². The summed E-state index contributed by atoms with van der Waals surface area (Å²) >= 11 is 0. The molecule has 0 saturated carbocycles. The second-order valence-electron chi connectivity index (χ2n) is 12.4. The summed E-state index contributed by atoms with van der Waals surface area (Å²) < 4.78 is 44.3. The maximum Gasteiger partial charge on any atom is 0.459 e. The van der Waals surface area contributed by atoms with E-state index in [-0.39, 0.29) is 23.6 Å². The summed E-state index contributed by atoms with van der Waals surface area (Å²) in [7, 11) is -2.86. The molecule has 0 spiro atoms.